The third kappa shape index (κ3) is 4.04. The van der Waals surface area contributed by atoms with E-state index in [0.29, 0.717) is 24.4 Å². The number of rotatable bonds is 4. The molecule has 2 aliphatic rings. The van der Waals surface area contributed by atoms with Gasteiger partial charge in [0, 0.05) is 51.0 Å². The maximum atomic E-state index is 13.0. The fraction of sp³-hybridized carbons (Fsp3) is 0.458. The molecule has 0 aliphatic carbocycles. The third-order valence-electron chi connectivity index (χ3n) is 6.14. The molecule has 1 spiro atoms. The lowest BCUT2D eigenvalue weighted by Crippen LogP contribution is -2.50. The molecule has 0 atom stereocenters. The van der Waals surface area contributed by atoms with Crippen LogP contribution in [0.15, 0.2) is 48.5 Å². The largest absolute Gasteiger partial charge is 0.497 e. The predicted molar refractivity (Wildman–Crippen MR) is 115 cm³/mol. The molecule has 1 amide bonds. The van der Waals surface area contributed by atoms with Crippen LogP contribution in [0.3, 0.4) is 0 Å². The van der Waals surface area contributed by atoms with E-state index in [1.165, 1.54) is 5.69 Å². The van der Waals surface area contributed by atoms with Gasteiger partial charge in [-0.3, -0.25) is 4.79 Å². The number of hydrogen-bond donors (Lipinski definition) is 0. The summed E-state index contributed by atoms with van der Waals surface area (Å²) in [5.41, 5.74) is 1.69. The van der Waals surface area contributed by atoms with Gasteiger partial charge in [0.25, 0.3) is 5.91 Å². The summed E-state index contributed by atoms with van der Waals surface area (Å²) in [6.45, 7) is 5.68. The highest BCUT2D eigenvalue weighted by atomic mass is 16.5. The van der Waals surface area contributed by atoms with Crippen molar-refractivity contribution in [3.05, 3.63) is 54.1 Å². The molecule has 2 aromatic carbocycles. The smallest absolute Gasteiger partial charge is 0.253 e. The summed E-state index contributed by atoms with van der Waals surface area (Å²) in [7, 11) is 1.62. The Kier molecular flexibility index (Phi) is 5.65. The average molecular weight is 395 g/mol. The number of piperidine rings is 1. The molecule has 1 saturated heterocycles. The number of anilines is 1. The normalized spacial score (nSPS) is 18.0. The van der Waals surface area contributed by atoms with Crippen molar-refractivity contribution in [2.75, 3.05) is 38.2 Å². The van der Waals surface area contributed by atoms with Gasteiger partial charge < -0.3 is 19.3 Å². The quantitative estimate of drug-likeness (QED) is 0.772. The summed E-state index contributed by atoms with van der Waals surface area (Å²) in [6, 6.07) is 15.8. The van der Waals surface area contributed by atoms with Crippen LogP contribution in [0.5, 0.6) is 11.5 Å². The van der Waals surface area contributed by atoms with Gasteiger partial charge in [0.05, 0.1) is 12.8 Å². The number of hydrogen-bond acceptors (Lipinski definition) is 4. The molecule has 29 heavy (non-hydrogen) atoms. The highest BCUT2D eigenvalue weighted by molar-refractivity contribution is 5.94. The predicted octanol–water partition coefficient (Wildman–Crippen LogP) is 4.37. The Morgan fingerprint density at radius 2 is 1.83 bits per heavy atom. The van der Waals surface area contributed by atoms with Crippen molar-refractivity contribution in [3.63, 3.8) is 0 Å². The number of amides is 1. The maximum absolute atomic E-state index is 13.0. The minimum absolute atomic E-state index is 0.0698. The number of benzene rings is 2. The minimum Gasteiger partial charge on any atom is -0.497 e. The number of ether oxygens (including phenoxy) is 2. The molecular weight excluding hydrogens is 364 g/mol. The van der Waals surface area contributed by atoms with Crippen molar-refractivity contribution in [2.45, 2.75) is 38.2 Å². The Morgan fingerprint density at radius 1 is 1.07 bits per heavy atom. The SMILES string of the molecule is CCCN1CCC2(CCN(C(=O)c3cccc(OC)c3)CC2)Oc2ccccc21. The van der Waals surface area contributed by atoms with E-state index in [1.54, 1.807) is 7.11 Å². The summed E-state index contributed by atoms with van der Waals surface area (Å²) in [6.07, 6.45) is 3.82. The first kappa shape index (κ1) is 19.6. The summed E-state index contributed by atoms with van der Waals surface area (Å²) in [4.78, 5) is 17.4. The van der Waals surface area contributed by atoms with Crippen LogP contribution in [0.2, 0.25) is 0 Å². The molecule has 154 valence electrons. The first-order valence-electron chi connectivity index (χ1n) is 10.6. The number of likely N-dealkylation sites (tertiary alicyclic amines) is 1. The van der Waals surface area contributed by atoms with Gasteiger partial charge in [-0.1, -0.05) is 25.1 Å². The summed E-state index contributed by atoms with van der Waals surface area (Å²) < 4.78 is 11.9. The van der Waals surface area contributed by atoms with Gasteiger partial charge in [-0.2, -0.15) is 0 Å². The Balaban J connectivity index is 1.48. The first-order valence-corrected chi connectivity index (χ1v) is 10.6. The van der Waals surface area contributed by atoms with Crippen molar-refractivity contribution in [3.8, 4) is 11.5 Å². The maximum Gasteiger partial charge on any atom is 0.253 e. The van der Waals surface area contributed by atoms with Crippen LogP contribution >= 0.6 is 0 Å². The molecule has 0 radical (unpaired) electrons. The van der Waals surface area contributed by atoms with Crippen molar-refractivity contribution < 1.29 is 14.3 Å². The van der Waals surface area contributed by atoms with E-state index in [4.69, 9.17) is 9.47 Å². The summed E-state index contributed by atoms with van der Waals surface area (Å²) in [5.74, 6) is 1.76. The highest BCUT2D eigenvalue weighted by Crippen LogP contribution is 2.40. The fourth-order valence-electron chi connectivity index (χ4n) is 4.46. The van der Waals surface area contributed by atoms with E-state index < -0.39 is 0 Å². The first-order chi connectivity index (χ1) is 14.1. The topological polar surface area (TPSA) is 42.0 Å². The van der Waals surface area contributed by atoms with Gasteiger partial charge in [0.2, 0.25) is 0 Å². The van der Waals surface area contributed by atoms with Crippen molar-refractivity contribution >= 4 is 11.6 Å². The second-order valence-corrected chi connectivity index (χ2v) is 8.01. The lowest BCUT2D eigenvalue weighted by Gasteiger charge is -2.41. The highest BCUT2D eigenvalue weighted by Gasteiger charge is 2.40. The number of methoxy groups -OCH3 is 1. The number of fused-ring (bicyclic) bond motifs is 1. The molecule has 0 bridgehead atoms. The van der Waals surface area contributed by atoms with E-state index in [9.17, 15) is 4.79 Å². The van der Waals surface area contributed by atoms with Crippen LogP contribution in [0.1, 0.15) is 43.0 Å². The van der Waals surface area contributed by atoms with E-state index in [-0.39, 0.29) is 11.5 Å². The second-order valence-electron chi connectivity index (χ2n) is 8.01. The number of nitrogens with zero attached hydrogens (tertiary/aromatic N) is 2. The lowest BCUT2D eigenvalue weighted by molar-refractivity contribution is 0.00240. The second kappa shape index (κ2) is 8.36. The molecule has 2 heterocycles. The van der Waals surface area contributed by atoms with E-state index >= 15 is 0 Å². The zero-order valence-corrected chi connectivity index (χ0v) is 17.4. The molecule has 0 saturated carbocycles. The van der Waals surface area contributed by atoms with E-state index in [1.807, 2.05) is 35.2 Å². The fourth-order valence-corrected chi connectivity index (χ4v) is 4.46. The molecule has 5 nitrogen and oxygen atoms in total. The standard InChI is InChI=1S/C24H30N2O3/c1-3-14-25-15-11-24(29-22-10-5-4-9-21(22)25)12-16-26(17-13-24)23(27)19-7-6-8-20(18-19)28-2/h4-10,18H,3,11-17H2,1-2H3. The summed E-state index contributed by atoms with van der Waals surface area (Å²) >= 11 is 0. The Bertz CT molecular complexity index is 859. The Labute approximate surface area is 173 Å². The zero-order valence-electron chi connectivity index (χ0n) is 17.4. The average Bonchev–Trinajstić information content (AvgIpc) is 2.91. The van der Waals surface area contributed by atoms with E-state index in [2.05, 4.69) is 30.0 Å². The minimum atomic E-state index is -0.191. The monoisotopic (exact) mass is 394 g/mol. The van der Waals surface area contributed by atoms with Crippen LogP contribution < -0.4 is 14.4 Å². The molecular formula is C24H30N2O3. The Morgan fingerprint density at radius 3 is 2.59 bits per heavy atom. The van der Waals surface area contributed by atoms with E-state index in [0.717, 1.165) is 44.5 Å². The number of carbonyl (C=O) groups is 1. The van der Waals surface area contributed by atoms with Crippen molar-refractivity contribution in [1.29, 1.82) is 0 Å². The molecule has 2 aromatic rings. The van der Waals surface area contributed by atoms with Crippen LogP contribution in [0.25, 0.3) is 0 Å². The molecule has 1 fully saturated rings. The van der Waals surface area contributed by atoms with Crippen LogP contribution in [0.4, 0.5) is 5.69 Å². The number of para-hydroxylation sites is 2. The Hall–Kier alpha value is -2.69. The summed E-state index contributed by atoms with van der Waals surface area (Å²) in [5, 5.41) is 0. The number of carbonyl (C=O) groups excluding carboxylic acids is 1. The molecule has 0 unspecified atom stereocenters. The van der Waals surface area contributed by atoms with Crippen molar-refractivity contribution in [2.24, 2.45) is 0 Å². The van der Waals surface area contributed by atoms with Crippen molar-refractivity contribution in [1.82, 2.24) is 4.90 Å². The molecule has 0 N–H and O–H groups in total. The third-order valence-corrected chi connectivity index (χ3v) is 6.14. The van der Waals surface area contributed by atoms with Gasteiger partial charge in [-0.15, -0.1) is 0 Å². The molecule has 5 heteroatoms. The van der Waals surface area contributed by atoms with Crippen LogP contribution in [-0.4, -0.2) is 49.7 Å². The van der Waals surface area contributed by atoms with Gasteiger partial charge >= 0.3 is 0 Å². The van der Waals surface area contributed by atoms with Gasteiger partial charge in [0.1, 0.15) is 17.1 Å². The van der Waals surface area contributed by atoms with Gasteiger partial charge in [-0.05, 0) is 36.8 Å². The molecule has 2 aliphatic heterocycles. The van der Waals surface area contributed by atoms with Gasteiger partial charge in [0.15, 0.2) is 0 Å². The van der Waals surface area contributed by atoms with Gasteiger partial charge in [-0.25, -0.2) is 0 Å². The lowest BCUT2D eigenvalue weighted by atomic mass is 9.87. The van der Waals surface area contributed by atoms with Crippen LogP contribution in [0, 0.1) is 0 Å². The molecule has 4 rings (SSSR count). The zero-order chi connectivity index (χ0) is 20.3. The molecule has 0 aromatic heterocycles. The van der Waals surface area contributed by atoms with Crippen LogP contribution in [-0.2, 0) is 0 Å².